The largest absolute Gasteiger partial charge is 0.487 e. The monoisotopic (exact) mass is 791 g/mol. The zero-order chi connectivity index (χ0) is 41.7. The number of aryl methyl sites for hydroxylation is 2. The number of halogens is 1. The van der Waals surface area contributed by atoms with Crippen molar-refractivity contribution in [2.24, 2.45) is 36.3 Å². The second-order valence-electron chi connectivity index (χ2n) is 13.7. The molecule has 5 heterocycles. The van der Waals surface area contributed by atoms with E-state index in [9.17, 15) is 33.5 Å². The van der Waals surface area contributed by atoms with E-state index in [0.717, 1.165) is 19.2 Å². The Hall–Kier alpha value is -6.90. The van der Waals surface area contributed by atoms with Gasteiger partial charge in [0.15, 0.2) is 17.5 Å². The minimum Gasteiger partial charge on any atom is -0.487 e. The first-order chi connectivity index (χ1) is 26.9. The lowest BCUT2D eigenvalue weighted by Crippen LogP contribution is -2.45. The molecule has 1 saturated heterocycles. The first kappa shape index (κ1) is 41.3. The summed E-state index contributed by atoms with van der Waals surface area (Å²) in [7, 11) is 5.34. The van der Waals surface area contributed by atoms with Gasteiger partial charge in [0.05, 0.1) is 34.2 Å². The van der Waals surface area contributed by atoms with Crippen LogP contribution in [0.25, 0.3) is 10.9 Å². The van der Waals surface area contributed by atoms with Gasteiger partial charge in [-0.2, -0.15) is 0 Å². The van der Waals surface area contributed by atoms with Crippen LogP contribution in [0, 0.1) is 11.2 Å². The zero-order valence-corrected chi connectivity index (χ0v) is 31.9. The number of pyridine rings is 1. The van der Waals surface area contributed by atoms with E-state index in [4.69, 9.17) is 27.3 Å². The number of amidine groups is 1. The van der Waals surface area contributed by atoms with Gasteiger partial charge in [0.25, 0.3) is 11.8 Å². The summed E-state index contributed by atoms with van der Waals surface area (Å²) < 4.78 is 25.7. The maximum absolute atomic E-state index is 15.0. The van der Waals surface area contributed by atoms with Crippen molar-refractivity contribution in [3.63, 3.8) is 0 Å². The van der Waals surface area contributed by atoms with Crippen LogP contribution in [-0.4, -0.2) is 112 Å². The summed E-state index contributed by atoms with van der Waals surface area (Å²) in [6.45, 7) is 5.08. The predicted octanol–water partition coefficient (Wildman–Crippen LogP) is 0.428. The van der Waals surface area contributed by atoms with Crippen LogP contribution in [0.4, 0.5) is 21.5 Å². The van der Waals surface area contributed by atoms with E-state index in [2.05, 4.69) is 25.8 Å². The number of likely N-dealkylation sites (N-methyl/N-ethyl adjacent to an activating group) is 1. The van der Waals surface area contributed by atoms with E-state index < -0.39 is 29.0 Å². The number of anilines is 3. The van der Waals surface area contributed by atoms with Gasteiger partial charge < -0.3 is 66.5 Å². The summed E-state index contributed by atoms with van der Waals surface area (Å²) in [5.41, 5.74) is 16.9. The Balaban J connectivity index is 0.000000220. The van der Waals surface area contributed by atoms with E-state index in [1.807, 2.05) is 18.9 Å². The van der Waals surface area contributed by atoms with Gasteiger partial charge in [0.1, 0.15) is 35.8 Å². The molecule has 0 spiro atoms. The number of benzene rings is 1. The fourth-order valence-electron chi connectivity index (χ4n) is 6.37. The molecule has 1 fully saturated rings. The number of hydrogen-bond donors (Lipinski definition) is 8. The van der Waals surface area contributed by atoms with Gasteiger partial charge in [-0.1, -0.05) is 0 Å². The van der Waals surface area contributed by atoms with E-state index >= 15 is 0 Å². The number of carbonyl (C=O) groups is 4. The average Bonchev–Trinajstić information content (AvgIpc) is 3.70. The molecule has 3 aromatic heterocycles. The number of guanidine groups is 1. The standard InChI is InChI=1S/C18H20FN3O4.C18H26N10O3/c1-10-9-26-17-14-11(16(23)12(18(24)25)8-22(10)14)7-13(19)15(17)21-5-3-20(2)4-6-21;1-27-9-11(6-12(27)16(30)23-4-3-14(19)20)26-17(31)13-5-10(8-28(13)2)25-15(29)7-24-18(21)22/h7-8,10H,3-6,9H2,1-2H3,(H,24,25);5-6,8-9H,3-4,7H2,1-2H3,(H3,19,20)(H,23,30)(H,25,29)(H,26,31)(H4,21,22,24). The number of aromatic carboxylic acids is 1. The number of nitrogens with zero attached hydrogens (tertiary/aromatic N) is 6. The minimum atomic E-state index is -1.32. The number of nitrogens with one attached hydrogen (secondary N) is 4. The number of nitrogens with two attached hydrogens (primary N) is 3. The van der Waals surface area contributed by atoms with Crippen LogP contribution in [0.15, 0.2) is 46.6 Å². The SMILES string of the molecule is CC1COc2c(N3CCN(C)CC3)c(F)cc3c(=O)c(C(=O)O)cn1c23.Cn1cc(NC(=O)c2cc(NC(=O)CN=C(N)N)cn2C)cc1C(=O)NCCC(=N)N. The van der Waals surface area contributed by atoms with Crippen molar-refractivity contribution in [2.75, 3.05) is 68.5 Å². The fourth-order valence-corrected chi connectivity index (χ4v) is 6.37. The quantitative estimate of drug-likeness (QED) is 0.0758. The Morgan fingerprint density at radius 2 is 1.56 bits per heavy atom. The molecule has 6 rings (SSSR count). The van der Waals surface area contributed by atoms with Crippen LogP contribution >= 0.6 is 0 Å². The van der Waals surface area contributed by atoms with Crippen LogP contribution in [0.5, 0.6) is 5.75 Å². The van der Waals surface area contributed by atoms with Gasteiger partial charge in [-0.3, -0.25) is 24.6 Å². The molecule has 0 bridgehead atoms. The van der Waals surface area contributed by atoms with Gasteiger partial charge in [0.2, 0.25) is 11.3 Å². The molecule has 4 aromatic rings. The highest BCUT2D eigenvalue weighted by molar-refractivity contribution is 6.05. The second kappa shape index (κ2) is 17.3. The molecule has 0 aliphatic carbocycles. The zero-order valence-electron chi connectivity index (χ0n) is 31.9. The van der Waals surface area contributed by atoms with Crippen molar-refractivity contribution in [1.29, 1.82) is 5.41 Å². The molecule has 57 heavy (non-hydrogen) atoms. The molecule has 21 heteroatoms. The number of aromatic nitrogens is 3. The first-order valence-electron chi connectivity index (χ1n) is 17.8. The normalized spacial score (nSPS) is 14.8. The van der Waals surface area contributed by atoms with Crippen LogP contribution in [0.2, 0.25) is 0 Å². The molecule has 0 saturated carbocycles. The molecule has 0 radical (unpaired) electrons. The summed E-state index contributed by atoms with van der Waals surface area (Å²) >= 11 is 0. The Morgan fingerprint density at radius 1 is 0.947 bits per heavy atom. The van der Waals surface area contributed by atoms with Gasteiger partial charge in [-0.25, -0.2) is 14.2 Å². The van der Waals surface area contributed by atoms with Crippen LogP contribution in [-0.2, 0) is 18.9 Å². The van der Waals surface area contributed by atoms with Gasteiger partial charge >= 0.3 is 5.97 Å². The smallest absolute Gasteiger partial charge is 0.341 e. The van der Waals surface area contributed by atoms with Gasteiger partial charge in [-0.05, 0) is 32.2 Å². The van der Waals surface area contributed by atoms with Crippen LogP contribution in [0.3, 0.4) is 0 Å². The number of hydrogen-bond acceptors (Lipinski definition) is 10. The maximum Gasteiger partial charge on any atom is 0.341 e. The third-order valence-corrected chi connectivity index (χ3v) is 9.29. The number of carboxylic acid groups (broad SMARTS) is 1. The fraction of sp³-hybridized carbons (Fsp3) is 0.361. The highest BCUT2D eigenvalue weighted by Crippen LogP contribution is 2.42. The summed E-state index contributed by atoms with van der Waals surface area (Å²) in [5, 5.41) is 24.5. The van der Waals surface area contributed by atoms with Crippen molar-refractivity contribution < 1.29 is 33.4 Å². The lowest BCUT2D eigenvalue weighted by atomic mass is 10.1. The molecule has 3 amide bonds. The molecular weight excluding hydrogens is 745 g/mol. The summed E-state index contributed by atoms with van der Waals surface area (Å²) in [4.78, 5) is 68.4. The summed E-state index contributed by atoms with van der Waals surface area (Å²) in [6, 6.07) is 4.02. The molecule has 2 aliphatic rings. The summed E-state index contributed by atoms with van der Waals surface area (Å²) in [6.07, 6.45) is 4.76. The molecule has 1 unspecified atom stereocenters. The van der Waals surface area contributed by atoms with Crippen molar-refractivity contribution in [3.05, 3.63) is 69.8 Å². The molecular formula is C36H46FN13O7. The molecule has 1 aromatic carbocycles. The summed E-state index contributed by atoms with van der Waals surface area (Å²) in [5.74, 6) is -2.98. The third kappa shape index (κ3) is 9.50. The third-order valence-electron chi connectivity index (χ3n) is 9.29. The molecule has 304 valence electrons. The number of carboxylic acids is 1. The van der Waals surface area contributed by atoms with Crippen molar-refractivity contribution in [1.82, 2.24) is 23.9 Å². The highest BCUT2D eigenvalue weighted by atomic mass is 19.1. The van der Waals surface area contributed by atoms with Crippen molar-refractivity contribution in [2.45, 2.75) is 19.4 Å². The van der Waals surface area contributed by atoms with Crippen molar-refractivity contribution in [3.8, 4) is 5.75 Å². The number of ether oxygens (including phenoxy) is 1. The number of amides is 3. The first-order valence-corrected chi connectivity index (χ1v) is 17.8. The molecule has 11 N–H and O–H groups in total. The van der Waals surface area contributed by atoms with E-state index in [-0.39, 0.29) is 66.5 Å². The molecule has 2 aliphatic heterocycles. The predicted molar refractivity (Wildman–Crippen MR) is 212 cm³/mol. The Labute approximate surface area is 325 Å². The number of rotatable bonds is 11. The Kier molecular flexibility index (Phi) is 12.5. The Bertz CT molecular complexity index is 2320. The number of carbonyl (C=O) groups excluding carboxylic acids is 3. The van der Waals surface area contributed by atoms with Gasteiger partial charge in [-0.15, -0.1) is 0 Å². The van der Waals surface area contributed by atoms with E-state index in [1.165, 1.54) is 18.3 Å². The number of aliphatic imine (C=N–C) groups is 1. The minimum absolute atomic E-state index is 0.0190. The lowest BCUT2D eigenvalue weighted by molar-refractivity contribution is -0.114. The highest BCUT2D eigenvalue weighted by Gasteiger charge is 2.31. The average molecular weight is 792 g/mol. The Morgan fingerprint density at radius 3 is 2.16 bits per heavy atom. The molecule has 20 nitrogen and oxygen atoms in total. The van der Waals surface area contributed by atoms with Crippen LogP contribution in [0.1, 0.15) is 50.7 Å². The number of piperazine rings is 1. The van der Waals surface area contributed by atoms with E-state index in [1.54, 1.807) is 40.2 Å². The topological polar surface area (TPSA) is 286 Å². The van der Waals surface area contributed by atoms with Crippen LogP contribution < -0.4 is 48.2 Å². The second-order valence-corrected chi connectivity index (χ2v) is 13.7. The van der Waals surface area contributed by atoms with Crippen molar-refractivity contribution >= 4 is 63.5 Å². The molecule has 1 atom stereocenters. The van der Waals surface area contributed by atoms with E-state index in [0.29, 0.717) is 47.1 Å². The maximum atomic E-state index is 15.0. The lowest BCUT2D eigenvalue weighted by Gasteiger charge is -2.37. The van der Waals surface area contributed by atoms with Gasteiger partial charge in [0, 0.05) is 71.8 Å².